The summed E-state index contributed by atoms with van der Waals surface area (Å²) in [6.07, 6.45) is 0. The Morgan fingerprint density at radius 1 is 1.15 bits per heavy atom. The van der Waals surface area contributed by atoms with Crippen molar-refractivity contribution in [1.29, 1.82) is 0 Å². The summed E-state index contributed by atoms with van der Waals surface area (Å²) in [5.41, 5.74) is 6.17. The molecule has 3 rings (SSSR count). The Labute approximate surface area is 163 Å². The highest BCUT2D eigenvalue weighted by Crippen LogP contribution is 2.39. The number of nitrogens with two attached hydrogens (primary N) is 1. The summed E-state index contributed by atoms with van der Waals surface area (Å²) >= 11 is 13.2. The van der Waals surface area contributed by atoms with Gasteiger partial charge in [0, 0.05) is 32.6 Å². The van der Waals surface area contributed by atoms with Crippen molar-refractivity contribution < 1.29 is 19.1 Å². The lowest BCUT2D eigenvalue weighted by molar-refractivity contribution is -0.131. The van der Waals surface area contributed by atoms with Gasteiger partial charge >= 0.3 is 5.97 Å². The molecular formula is C18H13Cl2NO4S. The number of esters is 1. The quantitative estimate of drug-likeness (QED) is 0.613. The zero-order valence-corrected chi connectivity index (χ0v) is 15.9. The number of carbonyl (C=O) groups excluding carboxylic acids is 2. The number of hydrogen-bond acceptors (Lipinski definition) is 5. The summed E-state index contributed by atoms with van der Waals surface area (Å²) in [5.74, 6) is -0.421. The van der Waals surface area contributed by atoms with E-state index in [4.69, 9.17) is 38.4 Å². The van der Waals surface area contributed by atoms with Crippen LogP contribution in [-0.4, -0.2) is 11.9 Å². The van der Waals surface area contributed by atoms with Crippen LogP contribution in [0.25, 0.3) is 10.1 Å². The summed E-state index contributed by atoms with van der Waals surface area (Å²) in [4.78, 5) is 23.1. The Morgan fingerprint density at radius 2 is 1.92 bits per heavy atom. The van der Waals surface area contributed by atoms with Crippen LogP contribution in [0.4, 0.5) is 0 Å². The molecule has 0 fully saturated rings. The van der Waals surface area contributed by atoms with Gasteiger partial charge in [-0.1, -0.05) is 29.3 Å². The van der Waals surface area contributed by atoms with Crippen molar-refractivity contribution in [1.82, 2.24) is 0 Å². The summed E-state index contributed by atoms with van der Waals surface area (Å²) in [7, 11) is 0. The molecule has 0 saturated carbocycles. The standard InChI is InChI=1S/C18H13Cl2NO4S/c1-9(22)25-16-13-5-4-12(7-15(13)26-17(16)18(21)23)24-8-10-2-3-11(19)6-14(10)20/h2-7H,8H2,1H3,(H2,21,23). The third kappa shape index (κ3) is 3.93. The zero-order chi connectivity index (χ0) is 18.8. The number of carbonyl (C=O) groups is 2. The maximum atomic E-state index is 11.6. The lowest BCUT2D eigenvalue weighted by atomic mass is 10.2. The number of halogens is 2. The molecule has 0 saturated heterocycles. The van der Waals surface area contributed by atoms with E-state index in [-0.39, 0.29) is 17.2 Å². The van der Waals surface area contributed by atoms with Gasteiger partial charge in [-0.05, 0) is 30.3 Å². The average molecular weight is 410 g/mol. The number of fused-ring (bicyclic) bond motifs is 1. The lowest BCUT2D eigenvalue weighted by Gasteiger charge is -2.08. The van der Waals surface area contributed by atoms with E-state index in [0.29, 0.717) is 21.2 Å². The summed E-state index contributed by atoms with van der Waals surface area (Å²) in [6.45, 7) is 1.52. The molecule has 0 bridgehead atoms. The van der Waals surface area contributed by atoms with Crippen molar-refractivity contribution in [3.05, 3.63) is 56.9 Å². The van der Waals surface area contributed by atoms with Gasteiger partial charge < -0.3 is 15.2 Å². The Balaban J connectivity index is 1.89. The molecule has 0 atom stereocenters. The van der Waals surface area contributed by atoms with E-state index in [9.17, 15) is 9.59 Å². The Hall–Kier alpha value is -2.28. The van der Waals surface area contributed by atoms with Crippen LogP contribution in [0.15, 0.2) is 36.4 Å². The molecule has 26 heavy (non-hydrogen) atoms. The van der Waals surface area contributed by atoms with Crippen molar-refractivity contribution in [3.8, 4) is 11.5 Å². The number of rotatable bonds is 5. The van der Waals surface area contributed by atoms with Crippen molar-refractivity contribution in [2.45, 2.75) is 13.5 Å². The molecule has 1 aromatic heterocycles. The van der Waals surface area contributed by atoms with Gasteiger partial charge in [0.05, 0.1) is 0 Å². The first-order chi connectivity index (χ1) is 12.3. The Kier molecular flexibility index (Phi) is 5.36. The third-order valence-electron chi connectivity index (χ3n) is 3.49. The highest BCUT2D eigenvalue weighted by Gasteiger charge is 2.20. The molecular weight excluding hydrogens is 397 g/mol. The molecule has 1 amide bonds. The molecule has 0 spiro atoms. The number of amides is 1. The SMILES string of the molecule is CC(=O)Oc1c(C(N)=O)sc2cc(OCc3ccc(Cl)cc3Cl)ccc12. The molecule has 134 valence electrons. The predicted octanol–water partition coefficient (Wildman–Crippen LogP) is 4.81. The van der Waals surface area contributed by atoms with E-state index in [1.54, 1.807) is 36.4 Å². The van der Waals surface area contributed by atoms with E-state index >= 15 is 0 Å². The molecule has 0 aliphatic rings. The highest BCUT2D eigenvalue weighted by atomic mass is 35.5. The van der Waals surface area contributed by atoms with E-state index in [1.807, 2.05) is 0 Å². The van der Waals surface area contributed by atoms with Crippen LogP contribution in [0.5, 0.6) is 11.5 Å². The monoisotopic (exact) mass is 409 g/mol. The topological polar surface area (TPSA) is 78.6 Å². The normalized spacial score (nSPS) is 10.7. The number of benzene rings is 2. The van der Waals surface area contributed by atoms with Crippen LogP contribution in [-0.2, 0) is 11.4 Å². The van der Waals surface area contributed by atoms with Crippen LogP contribution in [0.3, 0.4) is 0 Å². The minimum atomic E-state index is -0.655. The van der Waals surface area contributed by atoms with Gasteiger partial charge in [0.2, 0.25) is 0 Å². The summed E-state index contributed by atoms with van der Waals surface area (Å²) < 4.78 is 11.6. The van der Waals surface area contributed by atoms with E-state index in [1.165, 1.54) is 6.92 Å². The minimum Gasteiger partial charge on any atom is -0.489 e. The van der Waals surface area contributed by atoms with Gasteiger partial charge in [-0.15, -0.1) is 11.3 Å². The molecule has 2 N–H and O–H groups in total. The minimum absolute atomic E-state index is 0.178. The maximum Gasteiger partial charge on any atom is 0.308 e. The summed E-state index contributed by atoms with van der Waals surface area (Å²) in [5, 5.41) is 1.69. The molecule has 0 unspecified atom stereocenters. The smallest absolute Gasteiger partial charge is 0.308 e. The molecule has 0 aliphatic carbocycles. The second-order valence-corrected chi connectivity index (χ2v) is 7.30. The number of hydrogen-bond donors (Lipinski definition) is 1. The first-order valence-electron chi connectivity index (χ1n) is 7.46. The number of primary amides is 1. The Morgan fingerprint density at radius 3 is 2.58 bits per heavy atom. The van der Waals surface area contributed by atoms with Crippen LogP contribution in [0, 0.1) is 0 Å². The molecule has 0 radical (unpaired) electrons. The fourth-order valence-electron chi connectivity index (χ4n) is 2.35. The highest BCUT2D eigenvalue weighted by molar-refractivity contribution is 7.21. The molecule has 1 heterocycles. The molecule has 5 nitrogen and oxygen atoms in total. The average Bonchev–Trinajstić information content (AvgIpc) is 2.91. The van der Waals surface area contributed by atoms with Gasteiger partial charge in [-0.25, -0.2) is 0 Å². The van der Waals surface area contributed by atoms with Gasteiger partial charge in [0.1, 0.15) is 17.2 Å². The van der Waals surface area contributed by atoms with Crippen LogP contribution in [0.2, 0.25) is 10.0 Å². The fraction of sp³-hybridized carbons (Fsp3) is 0.111. The summed E-state index contributed by atoms with van der Waals surface area (Å²) in [6, 6.07) is 10.4. The van der Waals surface area contributed by atoms with Gasteiger partial charge in [0.25, 0.3) is 5.91 Å². The van der Waals surface area contributed by atoms with Gasteiger partial charge in [-0.2, -0.15) is 0 Å². The maximum absolute atomic E-state index is 11.6. The van der Waals surface area contributed by atoms with Gasteiger partial charge in [-0.3, -0.25) is 9.59 Å². The largest absolute Gasteiger partial charge is 0.489 e. The van der Waals surface area contributed by atoms with Crippen molar-refractivity contribution in [2.75, 3.05) is 0 Å². The number of ether oxygens (including phenoxy) is 2. The lowest BCUT2D eigenvalue weighted by Crippen LogP contribution is -2.12. The molecule has 0 aliphatic heterocycles. The van der Waals surface area contributed by atoms with E-state index < -0.39 is 11.9 Å². The predicted molar refractivity (Wildman–Crippen MR) is 102 cm³/mol. The van der Waals surface area contributed by atoms with E-state index in [0.717, 1.165) is 21.6 Å². The zero-order valence-electron chi connectivity index (χ0n) is 13.5. The van der Waals surface area contributed by atoms with Crippen LogP contribution >= 0.6 is 34.5 Å². The fourth-order valence-corrected chi connectivity index (χ4v) is 3.82. The van der Waals surface area contributed by atoms with Crippen molar-refractivity contribution in [2.24, 2.45) is 5.73 Å². The van der Waals surface area contributed by atoms with Crippen LogP contribution in [0.1, 0.15) is 22.2 Å². The number of thiophene rings is 1. The van der Waals surface area contributed by atoms with Crippen LogP contribution < -0.4 is 15.2 Å². The molecule has 3 aromatic rings. The second-order valence-electron chi connectivity index (χ2n) is 5.40. The van der Waals surface area contributed by atoms with Crippen molar-refractivity contribution >= 4 is 56.5 Å². The van der Waals surface area contributed by atoms with Crippen molar-refractivity contribution in [3.63, 3.8) is 0 Å². The second kappa shape index (κ2) is 7.53. The van der Waals surface area contributed by atoms with E-state index in [2.05, 4.69) is 0 Å². The Bertz CT molecular complexity index is 1020. The molecule has 8 heteroatoms. The van der Waals surface area contributed by atoms with Gasteiger partial charge in [0.15, 0.2) is 5.75 Å². The first kappa shape index (κ1) is 18.5. The molecule has 2 aromatic carbocycles. The first-order valence-corrected chi connectivity index (χ1v) is 9.04. The third-order valence-corrected chi connectivity index (χ3v) is 5.23.